The molecule has 0 saturated carbocycles. The Balaban J connectivity index is 1.74. The Labute approximate surface area is 217 Å². The highest BCUT2D eigenvalue weighted by Crippen LogP contribution is 2.28. The van der Waals surface area contributed by atoms with Gasteiger partial charge < -0.3 is 18.6 Å². The molecule has 0 radical (unpaired) electrons. The van der Waals surface area contributed by atoms with Gasteiger partial charge in [0, 0.05) is 6.61 Å². The van der Waals surface area contributed by atoms with Gasteiger partial charge in [0.15, 0.2) is 14.6 Å². The average Bonchev–Trinajstić information content (AvgIpc) is 3.28. The summed E-state index contributed by atoms with van der Waals surface area (Å²) in [5.74, 6) is -0.300. The van der Waals surface area contributed by atoms with Gasteiger partial charge >= 0.3 is 6.09 Å². The van der Waals surface area contributed by atoms with Crippen LogP contribution in [0.4, 0.5) is 4.79 Å². The van der Waals surface area contributed by atoms with Gasteiger partial charge in [-0.15, -0.1) is 0 Å². The van der Waals surface area contributed by atoms with Crippen LogP contribution in [0, 0.1) is 0 Å². The molecule has 2 amide bonds. The van der Waals surface area contributed by atoms with Gasteiger partial charge in [-0.2, -0.15) is 0 Å². The Morgan fingerprint density at radius 3 is 2.53 bits per heavy atom. The highest BCUT2D eigenvalue weighted by Gasteiger charge is 2.43. The Bertz CT molecular complexity index is 858. The molecule has 0 spiro atoms. The zero-order valence-corrected chi connectivity index (χ0v) is 23.4. The Hall–Kier alpha value is -2.00. The summed E-state index contributed by atoms with van der Waals surface area (Å²) >= 11 is 0. The first-order valence-electron chi connectivity index (χ1n) is 13.5. The van der Waals surface area contributed by atoms with Gasteiger partial charge in [-0.25, -0.2) is 9.69 Å². The van der Waals surface area contributed by atoms with E-state index in [-0.39, 0.29) is 24.8 Å². The van der Waals surface area contributed by atoms with Gasteiger partial charge in [0.2, 0.25) is 0 Å². The number of nitrogens with zero attached hydrogens (tertiary/aromatic N) is 1. The minimum atomic E-state index is -2.11. The number of ether oxygens (including phenoxy) is 3. The maximum absolute atomic E-state index is 13.8. The third-order valence-corrected chi connectivity index (χ3v) is 12.1. The third kappa shape index (κ3) is 7.75. The SMILES string of the molecule is CC[Si](CC)(CC)O[C@@H](C/C=C(/C)COC1CCCCO1)C(=O)N1C(=O)OC[C@@H]1Cc1ccccc1. The molecule has 1 aromatic carbocycles. The zero-order chi connectivity index (χ0) is 26.0. The Kier molecular flexibility index (Phi) is 11.2. The summed E-state index contributed by atoms with van der Waals surface area (Å²) in [5.41, 5.74) is 2.08. The van der Waals surface area contributed by atoms with Crippen molar-refractivity contribution in [3.63, 3.8) is 0 Å². The highest BCUT2D eigenvalue weighted by atomic mass is 28.4. The molecule has 0 aliphatic carbocycles. The van der Waals surface area contributed by atoms with Gasteiger partial charge in [0.25, 0.3) is 5.91 Å². The molecule has 3 rings (SSSR count). The molecular weight excluding hydrogens is 474 g/mol. The molecule has 1 aromatic rings. The number of hydrogen-bond acceptors (Lipinski definition) is 6. The first kappa shape index (κ1) is 28.6. The van der Waals surface area contributed by atoms with Gasteiger partial charge in [-0.1, -0.05) is 62.8 Å². The van der Waals surface area contributed by atoms with Crippen molar-refractivity contribution in [3.8, 4) is 0 Å². The van der Waals surface area contributed by atoms with Gasteiger partial charge in [0.05, 0.1) is 12.6 Å². The predicted octanol–water partition coefficient (Wildman–Crippen LogP) is 5.85. The number of carbonyl (C=O) groups is 2. The van der Waals surface area contributed by atoms with E-state index in [1.54, 1.807) is 0 Å². The number of hydrogen-bond donors (Lipinski definition) is 0. The van der Waals surface area contributed by atoms with Gasteiger partial charge in [-0.3, -0.25) is 4.79 Å². The van der Waals surface area contributed by atoms with Crippen LogP contribution in [0.1, 0.15) is 58.9 Å². The zero-order valence-electron chi connectivity index (χ0n) is 22.4. The van der Waals surface area contributed by atoms with Crippen molar-refractivity contribution in [2.24, 2.45) is 0 Å². The number of cyclic esters (lactones) is 1. The largest absolute Gasteiger partial charge is 0.447 e. The maximum Gasteiger partial charge on any atom is 0.417 e. The summed E-state index contributed by atoms with van der Waals surface area (Å²) in [6.45, 7) is 9.81. The van der Waals surface area contributed by atoms with Crippen molar-refractivity contribution >= 4 is 20.3 Å². The number of benzene rings is 1. The minimum Gasteiger partial charge on any atom is -0.447 e. The number of carbonyl (C=O) groups excluding carboxylic acids is 2. The summed E-state index contributed by atoms with van der Waals surface area (Å²) < 4.78 is 23.6. The minimum absolute atomic E-state index is 0.158. The molecule has 0 N–H and O–H groups in total. The smallest absolute Gasteiger partial charge is 0.417 e. The normalized spacial score (nSPS) is 21.9. The summed E-state index contributed by atoms with van der Waals surface area (Å²) in [5, 5.41) is 0. The fraction of sp³-hybridized carbons (Fsp3) is 0.643. The molecule has 200 valence electrons. The maximum atomic E-state index is 13.8. The van der Waals surface area contributed by atoms with Crippen LogP contribution in [0.15, 0.2) is 42.0 Å². The molecule has 0 aromatic heterocycles. The first-order valence-corrected chi connectivity index (χ1v) is 16.0. The average molecular weight is 518 g/mol. The van der Waals surface area contributed by atoms with Crippen LogP contribution < -0.4 is 0 Å². The molecule has 2 heterocycles. The summed E-state index contributed by atoms with van der Waals surface area (Å²) in [6.07, 6.45) is 4.63. The van der Waals surface area contributed by atoms with Crippen LogP contribution in [0.5, 0.6) is 0 Å². The van der Waals surface area contributed by atoms with Gasteiger partial charge in [0.1, 0.15) is 12.7 Å². The van der Waals surface area contributed by atoms with E-state index < -0.39 is 20.5 Å². The Morgan fingerprint density at radius 1 is 1.17 bits per heavy atom. The lowest BCUT2D eigenvalue weighted by molar-refractivity contribution is -0.156. The van der Waals surface area contributed by atoms with Gasteiger partial charge in [-0.05, 0) is 62.7 Å². The van der Waals surface area contributed by atoms with Crippen LogP contribution in [-0.4, -0.2) is 63.5 Å². The number of amides is 2. The van der Waals surface area contributed by atoms with Crippen molar-refractivity contribution in [2.75, 3.05) is 19.8 Å². The lowest BCUT2D eigenvalue weighted by Gasteiger charge is -2.34. The topological polar surface area (TPSA) is 74.3 Å². The van der Waals surface area contributed by atoms with E-state index in [1.807, 2.05) is 43.3 Å². The quantitative estimate of drug-likeness (QED) is 0.241. The summed E-state index contributed by atoms with van der Waals surface area (Å²) in [6, 6.07) is 12.3. The lowest BCUT2D eigenvalue weighted by atomic mass is 10.0. The summed E-state index contributed by atoms with van der Waals surface area (Å²) in [4.78, 5) is 27.8. The molecule has 2 fully saturated rings. The second-order valence-electron chi connectivity index (χ2n) is 9.87. The molecule has 2 aliphatic heterocycles. The predicted molar refractivity (Wildman–Crippen MR) is 142 cm³/mol. The molecule has 1 unspecified atom stereocenters. The van der Waals surface area contributed by atoms with Crippen molar-refractivity contribution in [3.05, 3.63) is 47.5 Å². The van der Waals surface area contributed by atoms with Crippen molar-refractivity contribution in [1.82, 2.24) is 4.90 Å². The van der Waals surface area contributed by atoms with E-state index in [9.17, 15) is 9.59 Å². The van der Waals surface area contributed by atoms with E-state index in [2.05, 4.69) is 20.8 Å². The van der Waals surface area contributed by atoms with Crippen LogP contribution in [0.3, 0.4) is 0 Å². The van der Waals surface area contributed by atoms with E-state index in [1.165, 1.54) is 4.90 Å². The molecule has 2 aliphatic rings. The number of rotatable bonds is 13. The van der Waals surface area contributed by atoms with Crippen molar-refractivity contribution in [2.45, 2.75) is 96.4 Å². The third-order valence-electron chi connectivity index (χ3n) is 7.43. The molecule has 8 heteroatoms. The van der Waals surface area contributed by atoms with Crippen LogP contribution >= 0.6 is 0 Å². The van der Waals surface area contributed by atoms with E-state index >= 15 is 0 Å². The molecule has 36 heavy (non-hydrogen) atoms. The molecule has 2 saturated heterocycles. The summed E-state index contributed by atoms with van der Waals surface area (Å²) in [7, 11) is -2.11. The molecule has 3 atom stereocenters. The van der Waals surface area contributed by atoms with Crippen molar-refractivity contribution < 1.29 is 28.2 Å². The fourth-order valence-corrected chi connectivity index (χ4v) is 7.66. The fourth-order valence-electron chi connectivity index (χ4n) is 4.86. The molecule has 7 nitrogen and oxygen atoms in total. The standard InChI is InChI=1S/C28H43NO6Si/c1-5-36(6-2,7-3)35-25(17-16-22(4)20-33-26-15-11-12-18-32-26)27(30)29-24(21-34-28(29)31)19-23-13-9-8-10-14-23/h8-10,13-14,16,24-26H,5-7,11-12,15,17-21H2,1-4H3/b22-16-/t24-,25-,26?/m0/s1. The van der Waals surface area contributed by atoms with Crippen molar-refractivity contribution in [1.29, 1.82) is 0 Å². The molecular formula is C28H43NO6Si. The van der Waals surface area contributed by atoms with Crippen LogP contribution in [0.2, 0.25) is 18.1 Å². The monoisotopic (exact) mass is 517 g/mol. The first-order chi connectivity index (χ1) is 17.4. The number of imide groups is 1. The highest BCUT2D eigenvalue weighted by molar-refractivity contribution is 6.73. The van der Waals surface area contributed by atoms with E-state index in [4.69, 9.17) is 18.6 Å². The second kappa shape index (κ2) is 14.1. The van der Waals surface area contributed by atoms with E-state index in [0.29, 0.717) is 19.4 Å². The Morgan fingerprint density at radius 2 is 1.89 bits per heavy atom. The molecule has 0 bridgehead atoms. The second-order valence-corrected chi connectivity index (χ2v) is 14.6. The van der Waals surface area contributed by atoms with Crippen LogP contribution in [0.25, 0.3) is 0 Å². The lowest BCUT2D eigenvalue weighted by Crippen LogP contribution is -2.50. The van der Waals surface area contributed by atoms with E-state index in [0.717, 1.165) is 55.1 Å². The van der Waals surface area contributed by atoms with Crippen LogP contribution in [-0.2, 0) is 29.9 Å².